The van der Waals surface area contributed by atoms with Crippen LogP contribution in [0.15, 0.2) is 77.4 Å². The van der Waals surface area contributed by atoms with Gasteiger partial charge in [-0.05, 0) is 72.5 Å². The van der Waals surface area contributed by atoms with Crippen LogP contribution in [0.25, 0.3) is 6.08 Å². The van der Waals surface area contributed by atoms with E-state index in [1.807, 2.05) is 44.2 Å². The molecule has 3 aromatic rings. The molecule has 1 heterocycles. The Morgan fingerprint density at radius 3 is 2.45 bits per heavy atom. The number of hydrogen-bond acceptors (Lipinski definition) is 3. The summed E-state index contributed by atoms with van der Waals surface area (Å²) in [5, 5.41) is 1.24. The molecular formula is C25H20ClFN2OS. The molecule has 31 heavy (non-hydrogen) atoms. The summed E-state index contributed by atoms with van der Waals surface area (Å²) >= 11 is 7.43. The molecule has 0 saturated carbocycles. The van der Waals surface area contributed by atoms with Crippen molar-refractivity contribution >= 4 is 46.2 Å². The van der Waals surface area contributed by atoms with Crippen LogP contribution in [0.5, 0.6) is 0 Å². The lowest BCUT2D eigenvalue weighted by atomic mass is 10.1. The first-order chi connectivity index (χ1) is 14.9. The Balaban J connectivity index is 1.70. The van der Waals surface area contributed by atoms with Gasteiger partial charge in [0.15, 0.2) is 5.17 Å². The molecule has 6 heteroatoms. The standard InChI is InChI=1S/C25H20ClFN2OS/c1-16-4-3-5-23(17(16)2)29-24(30)22(14-18-6-10-20(26)11-7-18)28-25(29)31-15-19-8-12-21(27)13-9-19/h3-14H,15H2,1-2H3/b22-14-. The average molecular weight is 451 g/mol. The first-order valence-electron chi connectivity index (χ1n) is 9.76. The molecule has 0 bridgehead atoms. The molecule has 156 valence electrons. The third-order valence-electron chi connectivity index (χ3n) is 5.10. The zero-order valence-electron chi connectivity index (χ0n) is 17.1. The van der Waals surface area contributed by atoms with E-state index in [9.17, 15) is 9.18 Å². The fourth-order valence-corrected chi connectivity index (χ4v) is 4.32. The topological polar surface area (TPSA) is 32.7 Å². The highest BCUT2D eigenvalue weighted by Crippen LogP contribution is 2.33. The van der Waals surface area contributed by atoms with Crippen molar-refractivity contribution in [3.63, 3.8) is 0 Å². The Kier molecular flexibility index (Phi) is 6.25. The number of rotatable bonds is 4. The van der Waals surface area contributed by atoms with Gasteiger partial charge < -0.3 is 0 Å². The summed E-state index contributed by atoms with van der Waals surface area (Å²) in [7, 11) is 0. The number of aliphatic imine (C=N–C) groups is 1. The number of amides is 1. The summed E-state index contributed by atoms with van der Waals surface area (Å²) in [5.41, 5.74) is 5.11. The minimum Gasteiger partial charge on any atom is -0.266 e. The predicted octanol–water partition coefficient (Wildman–Crippen LogP) is 6.77. The van der Waals surface area contributed by atoms with E-state index >= 15 is 0 Å². The van der Waals surface area contributed by atoms with Crippen LogP contribution in [-0.2, 0) is 10.5 Å². The second-order valence-corrected chi connectivity index (χ2v) is 8.63. The molecule has 0 unspecified atom stereocenters. The molecular weight excluding hydrogens is 431 g/mol. The number of hydrogen-bond donors (Lipinski definition) is 0. The van der Waals surface area contributed by atoms with Crippen LogP contribution >= 0.6 is 23.4 Å². The maximum atomic E-state index is 13.4. The van der Waals surface area contributed by atoms with Crippen molar-refractivity contribution in [1.82, 2.24) is 0 Å². The molecule has 0 N–H and O–H groups in total. The predicted molar refractivity (Wildman–Crippen MR) is 128 cm³/mol. The molecule has 0 aromatic heterocycles. The third kappa shape index (κ3) is 4.73. The van der Waals surface area contributed by atoms with Crippen LogP contribution in [0.1, 0.15) is 22.3 Å². The zero-order chi connectivity index (χ0) is 22.0. The van der Waals surface area contributed by atoms with Crippen LogP contribution in [0, 0.1) is 19.7 Å². The van der Waals surface area contributed by atoms with Crippen molar-refractivity contribution < 1.29 is 9.18 Å². The van der Waals surface area contributed by atoms with E-state index < -0.39 is 0 Å². The van der Waals surface area contributed by atoms with Gasteiger partial charge in [0, 0.05) is 10.8 Å². The smallest absolute Gasteiger partial charge is 0.266 e. The number of amidine groups is 1. The second-order valence-electron chi connectivity index (χ2n) is 7.25. The molecule has 0 radical (unpaired) electrons. The van der Waals surface area contributed by atoms with Crippen LogP contribution < -0.4 is 4.90 Å². The van der Waals surface area contributed by atoms with E-state index in [0.29, 0.717) is 21.6 Å². The molecule has 1 aliphatic rings. The SMILES string of the molecule is Cc1cccc(N2C(=O)/C(=C/c3ccc(Cl)cc3)N=C2SCc2ccc(F)cc2)c1C. The van der Waals surface area contributed by atoms with Gasteiger partial charge in [-0.2, -0.15) is 0 Å². The van der Waals surface area contributed by atoms with Gasteiger partial charge >= 0.3 is 0 Å². The number of benzene rings is 3. The lowest BCUT2D eigenvalue weighted by molar-refractivity contribution is -0.113. The quantitative estimate of drug-likeness (QED) is 0.411. The first kappa shape index (κ1) is 21.3. The van der Waals surface area contributed by atoms with E-state index in [4.69, 9.17) is 11.6 Å². The summed E-state index contributed by atoms with van der Waals surface area (Å²) in [4.78, 5) is 19.7. The Morgan fingerprint density at radius 1 is 1.03 bits per heavy atom. The number of carbonyl (C=O) groups excluding carboxylic acids is 1. The van der Waals surface area contributed by atoms with E-state index in [0.717, 1.165) is 27.9 Å². The van der Waals surface area contributed by atoms with E-state index in [2.05, 4.69) is 4.99 Å². The van der Waals surface area contributed by atoms with E-state index in [1.54, 1.807) is 35.2 Å². The average Bonchev–Trinajstić information content (AvgIpc) is 3.06. The van der Waals surface area contributed by atoms with E-state index in [1.165, 1.54) is 23.9 Å². The van der Waals surface area contributed by atoms with Gasteiger partial charge in [0.25, 0.3) is 5.91 Å². The van der Waals surface area contributed by atoms with Crippen molar-refractivity contribution in [3.8, 4) is 0 Å². The number of anilines is 1. The molecule has 0 spiro atoms. The summed E-state index contributed by atoms with van der Waals surface area (Å²) < 4.78 is 13.2. The van der Waals surface area contributed by atoms with Crippen molar-refractivity contribution in [2.24, 2.45) is 4.99 Å². The number of thioether (sulfide) groups is 1. The Morgan fingerprint density at radius 2 is 1.74 bits per heavy atom. The Labute approximate surface area is 190 Å². The van der Waals surface area contributed by atoms with Crippen LogP contribution in [0.3, 0.4) is 0 Å². The number of aryl methyl sites for hydroxylation is 1. The Bertz CT molecular complexity index is 1190. The van der Waals surface area contributed by atoms with Gasteiger partial charge in [0.1, 0.15) is 11.5 Å². The van der Waals surface area contributed by atoms with Gasteiger partial charge in [-0.25, -0.2) is 9.38 Å². The second kappa shape index (κ2) is 9.08. The third-order valence-corrected chi connectivity index (χ3v) is 6.36. The van der Waals surface area contributed by atoms with Crippen molar-refractivity contribution in [1.29, 1.82) is 0 Å². The molecule has 0 aliphatic carbocycles. The summed E-state index contributed by atoms with van der Waals surface area (Å²) in [6.45, 7) is 4.02. The molecule has 0 saturated heterocycles. The van der Waals surface area contributed by atoms with Gasteiger partial charge in [0.05, 0.1) is 5.69 Å². The van der Waals surface area contributed by atoms with E-state index in [-0.39, 0.29) is 11.7 Å². The highest BCUT2D eigenvalue weighted by atomic mass is 35.5. The maximum Gasteiger partial charge on any atom is 0.283 e. The number of carbonyl (C=O) groups is 1. The minimum absolute atomic E-state index is 0.176. The lowest BCUT2D eigenvalue weighted by Crippen LogP contribution is -2.31. The molecule has 0 atom stereocenters. The summed E-state index contributed by atoms with van der Waals surface area (Å²) in [5.74, 6) is 0.125. The van der Waals surface area contributed by atoms with Gasteiger partial charge in [-0.1, -0.05) is 59.8 Å². The fourth-order valence-electron chi connectivity index (χ4n) is 3.23. The summed E-state index contributed by atoms with van der Waals surface area (Å²) in [6.07, 6.45) is 1.77. The lowest BCUT2D eigenvalue weighted by Gasteiger charge is -2.21. The monoisotopic (exact) mass is 450 g/mol. The van der Waals surface area contributed by atoms with Gasteiger partial charge in [0.2, 0.25) is 0 Å². The largest absolute Gasteiger partial charge is 0.283 e. The molecule has 3 nitrogen and oxygen atoms in total. The van der Waals surface area contributed by atoms with Gasteiger partial charge in [-0.15, -0.1) is 0 Å². The van der Waals surface area contributed by atoms with Crippen LogP contribution in [0.4, 0.5) is 10.1 Å². The maximum absolute atomic E-state index is 13.4. The van der Waals surface area contributed by atoms with Crippen molar-refractivity contribution in [2.75, 3.05) is 4.90 Å². The minimum atomic E-state index is -0.271. The molecule has 1 aliphatic heterocycles. The Hall–Kier alpha value is -2.89. The van der Waals surface area contributed by atoms with Crippen molar-refractivity contribution in [3.05, 3.63) is 106 Å². The molecule has 4 rings (SSSR count). The molecule has 1 amide bonds. The highest BCUT2D eigenvalue weighted by molar-refractivity contribution is 8.13. The molecule has 3 aromatic carbocycles. The summed E-state index contributed by atoms with van der Waals surface area (Å²) in [6, 6.07) is 19.5. The zero-order valence-corrected chi connectivity index (χ0v) is 18.7. The fraction of sp³-hybridized carbons (Fsp3) is 0.120. The van der Waals surface area contributed by atoms with Crippen LogP contribution in [-0.4, -0.2) is 11.1 Å². The normalized spacial score (nSPS) is 15.0. The highest BCUT2D eigenvalue weighted by Gasteiger charge is 2.33. The molecule has 0 fully saturated rings. The number of halogens is 2. The first-order valence-corrected chi connectivity index (χ1v) is 11.1. The number of nitrogens with zero attached hydrogens (tertiary/aromatic N) is 2. The van der Waals surface area contributed by atoms with Crippen molar-refractivity contribution in [2.45, 2.75) is 19.6 Å². The van der Waals surface area contributed by atoms with Gasteiger partial charge in [-0.3, -0.25) is 9.69 Å². The van der Waals surface area contributed by atoms with Crippen LogP contribution in [0.2, 0.25) is 5.02 Å².